The SMILES string of the molecule is CCN(C)C(=O)C(Cc1ccccc1)/N=C/C(C)Cc1ccc(C(C)C)cc1. The molecular formula is C25H34N2O. The molecule has 0 aromatic heterocycles. The number of hydrogen-bond acceptors (Lipinski definition) is 2. The van der Waals surface area contributed by atoms with Crippen LogP contribution in [-0.2, 0) is 17.6 Å². The van der Waals surface area contributed by atoms with Crippen molar-refractivity contribution in [3.05, 3.63) is 71.3 Å². The first-order chi connectivity index (χ1) is 13.4. The third-order valence-corrected chi connectivity index (χ3v) is 5.13. The van der Waals surface area contributed by atoms with Crippen molar-refractivity contribution in [2.45, 2.75) is 52.5 Å². The van der Waals surface area contributed by atoms with E-state index in [9.17, 15) is 4.79 Å². The second-order valence-corrected chi connectivity index (χ2v) is 7.93. The van der Waals surface area contributed by atoms with Gasteiger partial charge in [0.1, 0.15) is 6.04 Å². The Morgan fingerprint density at radius 3 is 2.14 bits per heavy atom. The largest absolute Gasteiger partial charge is 0.344 e. The lowest BCUT2D eigenvalue weighted by molar-refractivity contribution is -0.130. The van der Waals surface area contributed by atoms with Gasteiger partial charge in [-0.05, 0) is 41.9 Å². The van der Waals surface area contributed by atoms with Crippen LogP contribution < -0.4 is 0 Å². The normalized spacial score (nSPS) is 13.6. The van der Waals surface area contributed by atoms with Crippen molar-refractivity contribution in [3.63, 3.8) is 0 Å². The molecule has 0 aliphatic carbocycles. The van der Waals surface area contributed by atoms with E-state index in [1.54, 1.807) is 4.90 Å². The van der Waals surface area contributed by atoms with E-state index in [1.165, 1.54) is 11.1 Å². The molecule has 0 bridgehead atoms. The van der Waals surface area contributed by atoms with E-state index >= 15 is 0 Å². The molecule has 0 fully saturated rings. The number of aliphatic imine (C=N–C) groups is 1. The maximum absolute atomic E-state index is 12.8. The van der Waals surface area contributed by atoms with Crippen LogP contribution in [-0.4, -0.2) is 36.7 Å². The predicted molar refractivity (Wildman–Crippen MR) is 119 cm³/mol. The van der Waals surface area contributed by atoms with Crippen molar-refractivity contribution in [1.82, 2.24) is 4.90 Å². The summed E-state index contributed by atoms with van der Waals surface area (Å²) in [4.78, 5) is 19.2. The van der Waals surface area contributed by atoms with Gasteiger partial charge in [0.2, 0.25) is 5.91 Å². The minimum atomic E-state index is -0.363. The first-order valence-electron chi connectivity index (χ1n) is 10.3. The van der Waals surface area contributed by atoms with E-state index < -0.39 is 0 Å². The summed E-state index contributed by atoms with van der Waals surface area (Å²) in [6.45, 7) is 9.26. The van der Waals surface area contributed by atoms with Gasteiger partial charge in [0, 0.05) is 26.2 Å². The molecule has 2 unspecified atom stereocenters. The van der Waals surface area contributed by atoms with Crippen molar-refractivity contribution in [2.75, 3.05) is 13.6 Å². The Morgan fingerprint density at radius 2 is 1.57 bits per heavy atom. The second kappa shape index (κ2) is 10.8. The average molecular weight is 379 g/mol. The van der Waals surface area contributed by atoms with Crippen molar-refractivity contribution in [3.8, 4) is 0 Å². The lowest BCUT2D eigenvalue weighted by Gasteiger charge is -2.20. The molecule has 0 heterocycles. The number of amides is 1. The monoisotopic (exact) mass is 378 g/mol. The lowest BCUT2D eigenvalue weighted by atomic mass is 9.97. The minimum absolute atomic E-state index is 0.0797. The average Bonchev–Trinajstić information content (AvgIpc) is 2.71. The molecule has 3 heteroatoms. The zero-order chi connectivity index (χ0) is 20.5. The topological polar surface area (TPSA) is 32.7 Å². The Morgan fingerprint density at radius 1 is 0.964 bits per heavy atom. The van der Waals surface area contributed by atoms with Crippen LogP contribution in [0, 0.1) is 5.92 Å². The zero-order valence-corrected chi connectivity index (χ0v) is 17.9. The summed E-state index contributed by atoms with van der Waals surface area (Å²) < 4.78 is 0. The Bertz CT molecular complexity index is 750. The van der Waals surface area contributed by atoms with E-state index in [0.29, 0.717) is 18.9 Å². The molecule has 0 aliphatic rings. The van der Waals surface area contributed by atoms with Gasteiger partial charge in [-0.15, -0.1) is 0 Å². The van der Waals surface area contributed by atoms with Crippen LogP contribution in [0.2, 0.25) is 0 Å². The first-order valence-corrected chi connectivity index (χ1v) is 10.3. The van der Waals surface area contributed by atoms with E-state index in [4.69, 9.17) is 4.99 Å². The molecule has 2 atom stereocenters. The van der Waals surface area contributed by atoms with Crippen molar-refractivity contribution in [2.24, 2.45) is 10.9 Å². The fourth-order valence-corrected chi connectivity index (χ4v) is 3.17. The van der Waals surface area contributed by atoms with E-state index in [0.717, 1.165) is 12.0 Å². The number of nitrogens with zero attached hydrogens (tertiary/aromatic N) is 2. The van der Waals surface area contributed by atoms with Crippen LogP contribution in [0.5, 0.6) is 0 Å². The van der Waals surface area contributed by atoms with Crippen LogP contribution in [0.4, 0.5) is 0 Å². The molecule has 0 saturated carbocycles. The third-order valence-electron chi connectivity index (χ3n) is 5.13. The highest BCUT2D eigenvalue weighted by atomic mass is 16.2. The summed E-state index contributed by atoms with van der Waals surface area (Å²) in [6.07, 6.45) is 3.53. The van der Waals surface area contributed by atoms with Gasteiger partial charge < -0.3 is 4.90 Å². The molecule has 0 N–H and O–H groups in total. The summed E-state index contributed by atoms with van der Waals surface area (Å²) in [5.41, 5.74) is 3.81. The standard InChI is InChI=1S/C25H34N2O/c1-6-27(5)25(28)24(17-21-10-8-7-9-11-21)26-18-20(4)16-22-12-14-23(15-13-22)19(2)3/h7-15,18-20,24H,6,16-17H2,1-5H3/b26-18+. The highest BCUT2D eigenvalue weighted by Gasteiger charge is 2.20. The Labute approximate surface area is 170 Å². The molecule has 0 saturated heterocycles. The molecule has 0 aliphatic heterocycles. The lowest BCUT2D eigenvalue weighted by Crippen LogP contribution is -2.36. The summed E-state index contributed by atoms with van der Waals surface area (Å²) in [7, 11) is 1.84. The van der Waals surface area contributed by atoms with Crippen LogP contribution in [0.25, 0.3) is 0 Å². The molecule has 0 radical (unpaired) electrons. The Kier molecular flexibility index (Phi) is 8.43. The van der Waals surface area contributed by atoms with E-state index in [1.807, 2.05) is 38.4 Å². The van der Waals surface area contributed by atoms with Crippen molar-refractivity contribution in [1.29, 1.82) is 0 Å². The highest BCUT2D eigenvalue weighted by Crippen LogP contribution is 2.16. The van der Waals surface area contributed by atoms with Gasteiger partial charge in [0.05, 0.1) is 0 Å². The summed E-state index contributed by atoms with van der Waals surface area (Å²) >= 11 is 0. The summed E-state index contributed by atoms with van der Waals surface area (Å²) in [5.74, 6) is 0.910. The predicted octanol–water partition coefficient (Wildman–Crippen LogP) is 5.15. The molecule has 2 rings (SSSR count). The second-order valence-electron chi connectivity index (χ2n) is 7.93. The number of likely N-dealkylation sites (N-methyl/N-ethyl adjacent to an activating group) is 1. The number of rotatable bonds is 9. The van der Waals surface area contributed by atoms with Crippen LogP contribution in [0.3, 0.4) is 0 Å². The third kappa shape index (κ3) is 6.63. The van der Waals surface area contributed by atoms with Gasteiger partial charge in [-0.2, -0.15) is 0 Å². The van der Waals surface area contributed by atoms with Gasteiger partial charge in [-0.3, -0.25) is 9.79 Å². The number of hydrogen-bond donors (Lipinski definition) is 0. The quantitative estimate of drug-likeness (QED) is 0.556. The van der Waals surface area contributed by atoms with Crippen LogP contribution in [0.1, 0.15) is 50.3 Å². The molecular weight excluding hydrogens is 344 g/mol. The highest BCUT2D eigenvalue weighted by molar-refractivity contribution is 5.83. The summed E-state index contributed by atoms with van der Waals surface area (Å²) in [6, 6.07) is 18.6. The van der Waals surface area contributed by atoms with Gasteiger partial charge in [0.15, 0.2) is 0 Å². The molecule has 2 aromatic rings. The molecule has 3 nitrogen and oxygen atoms in total. The zero-order valence-electron chi connectivity index (χ0n) is 17.9. The molecule has 28 heavy (non-hydrogen) atoms. The maximum atomic E-state index is 12.8. The molecule has 1 amide bonds. The smallest absolute Gasteiger partial charge is 0.247 e. The number of carbonyl (C=O) groups excluding carboxylic acids is 1. The van der Waals surface area contributed by atoms with Crippen molar-refractivity contribution < 1.29 is 4.79 Å². The van der Waals surface area contributed by atoms with Gasteiger partial charge in [0.25, 0.3) is 0 Å². The molecule has 150 valence electrons. The van der Waals surface area contributed by atoms with E-state index in [2.05, 4.69) is 57.2 Å². The Hall–Kier alpha value is -2.42. The number of benzene rings is 2. The number of carbonyl (C=O) groups is 1. The van der Waals surface area contributed by atoms with Gasteiger partial charge in [-0.25, -0.2) is 0 Å². The van der Waals surface area contributed by atoms with Crippen LogP contribution >= 0.6 is 0 Å². The molecule has 0 spiro atoms. The van der Waals surface area contributed by atoms with Crippen molar-refractivity contribution >= 4 is 12.1 Å². The fraction of sp³-hybridized carbons (Fsp3) is 0.440. The Balaban J connectivity index is 2.06. The summed E-state index contributed by atoms with van der Waals surface area (Å²) in [5, 5.41) is 0. The van der Waals surface area contributed by atoms with E-state index in [-0.39, 0.29) is 17.9 Å². The first kappa shape index (κ1) is 21.9. The van der Waals surface area contributed by atoms with Gasteiger partial charge >= 0.3 is 0 Å². The molecule has 2 aromatic carbocycles. The fourth-order valence-electron chi connectivity index (χ4n) is 3.17. The minimum Gasteiger partial charge on any atom is -0.344 e. The van der Waals surface area contributed by atoms with Crippen LogP contribution in [0.15, 0.2) is 59.6 Å². The van der Waals surface area contributed by atoms with Gasteiger partial charge in [-0.1, -0.05) is 75.4 Å². The maximum Gasteiger partial charge on any atom is 0.247 e.